The summed E-state index contributed by atoms with van der Waals surface area (Å²) < 4.78 is 16.1. The molecule has 288 valence electrons. The van der Waals surface area contributed by atoms with E-state index in [1.807, 2.05) is 123 Å². The van der Waals surface area contributed by atoms with Gasteiger partial charge in [0.15, 0.2) is 23.0 Å². The van der Waals surface area contributed by atoms with Crippen LogP contribution < -0.4 is 31.3 Å². The summed E-state index contributed by atoms with van der Waals surface area (Å²) in [5, 5.41) is 1.30. The Balaban J connectivity index is 1.08. The third-order valence-electron chi connectivity index (χ3n) is 10.6. The van der Waals surface area contributed by atoms with Crippen LogP contribution in [0.2, 0.25) is 10.0 Å². The third-order valence-corrected chi connectivity index (χ3v) is 11.3. The molecule has 2 aliphatic heterocycles. The van der Waals surface area contributed by atoms with Crippen LogP contribution >= 0.6 is 23.2 Å². The summed E-state index contributed by atoms with van der Waals surface area (Å²) in [6.07, 6.45) is 0. The van der Waals surface area contributed by atoms with Crippen LogP contribution in [0.4, 0.5) is 11.4 Å². The van der Waals surface area contributed by atoms with Gasteiger partial charge >= 0.3 is 0 Å². The fourth-order valence-corrected chi connectivity index (χ4v) is 8.30. The summed E-state index contributed by atoms with van der Waals surface area (Å²) in [6, 6.07) is 41.2. The Labute approximate surface area is 350 Å². The molecule has 0 saturated heterocycles. The van der Waals surface area contributed by atoms with E-state index >= 15 is 0 Å². The molecule has 0 atom stereocenters. The molecular formula is C48H28Cl2N6O4. The molecule has 0 N–H and O–H groups in total. The number of nitrogens with zero attached hydrogens (tertiary/aromatic N) is 6. The highest BCUT2D eigenvalue weighted by Gasteiger charge is 2.29. The van der Waals surface area contributed by atoms with Gasteiger partial charge in [-0.15, -0.1) is 0 Å². The molecule has 0 radical (unpaired) electrons. The maximum absolute atomic E-state index is 14.5. The highest BCUT2D eigenvalue weighted by Crippen LogP contribution is 2.44. The van der Waals surface area contributed by atoms with Crippen molar-refractivity contribution in [3.05, 3.63) is 186 Å². The molecule has 60 heavy (non-hydrogen) atoms. The van der Waals surface area contributed by atoms with Crippen LogP contribution in [-0.4, -0.2) is 19.1 Å². The first-order valence-corrected chi connectivity index (χ1v) is 19.8. The van der Waals surface area contributed by atoms with Crippen LogP contribution in [0.3, 0.4) is 0 Å². The maximum atomic E-state index is 14.5. The van der Waals surface area contributed by atoms with Gasteiger partial charge in [0, 0.05) is 23.3 Å². The molecule has 2 aromatic heterocycles. The number of halogens is 2. The minimum absolute atomic E-state index is 0.104. The standard InChI is InChI=1S/C48H28Cl2N6O4/c1-25-11-9-17-29(19-25)55-45(27-13-5-3-6-14-27)53-33-23-37-35(21-31(33)47(55)57)51-41-39(49)44-42(40(50)43(41)59-37)52-36-22-32-34(24-38(36)60-44)54-46(28-15-7-4-8-16-28)56(48(32)58)30-18-10-12-26(2)20-30/h3-24H,1-2H3. The molecule has 4 heterocycles. The van der Waals surface area contributed by atoms with Gasteiger partial charge < -0.3 is 9.47 Å². The number of ether oxygens (including phenoxy) is 2. The smallest absolute Gasteiger partial charge is 0.266 e. The number of fused-ring (bicyclic) bond motifs is 6. The lowest BCUT2D eigenvalue weighted by atomic mass is 10.1. The van der Waals surface area contributed by atoms with Crippen molar-refractivity contribution in [2.75, 3.05) is 0 Å². The van der Waals surface area contributed by atoms with E-state index in [0.717, 1.165) is 22.3 Å². The van der Waals surface area contributed by atoms with Crippen LogP contribution in [0.25, 0.3) is 56.0 Å². The van der Waals surface area contributed by atoms with Crippen molar-refractivity contribution >= 4 is 56.4 Å². The first kappa shape index (κ1) is 35.7. The van der Waals surface area contributed by atoms with E-state index in [9.17, 15) is 9.59 Å². The molecule has 7 aromatic carbocycles. The van der Waals surface area contributed by atoms with Gasteiger partial charge in [-0.1, -0.05) is 108 Å². The van der Waals surface area contributed by atoms with E-state index in [-0.39, 0.29) is 43.4 Å². The molecule has 2 aliphatic rings. The topological polar surface area (TPSA) is 113 Å². The highest BCUT2D eigenvalue weighted by molar-refractivity contribution is 6.35. The average molecular weight is 824 g/mol. The molecule has 11 rings (SSSR count). The second-order valence-electron chi connectivity index (χ2n) is 14.6. The van der Waals surface area contributed by atoms with Crippen LogP contribution in [-0.2, 0) is 0 Å². The van der Waals surface area contributed by atoms with Crippen molar-refractivity contribution in [3.63, 3.8) is 0 Å². The first-order valence-electron chi connectivity index (χ1n) is 19.0. The Hall–Kier alpha value is -7.40. The quantitative estimate of drug-likeness (QED) is 0.175. The van der Waals surface area contributed by atoms with Crippen molar-refractivity contribution in [1.29, 1.82) is 0 Å². The lowest BCUT2D eigenvalue weighted by molar-refractivity contribution is 0.452. The fourth-order valence-electron chi connectivity index (χ4n) is 7.79. The van der Waals surface area contributed by atoms with E-state index in [4.69, 9.17) is 52.6 Å². The first-order chi connectivity index (χ1) is 29.2. The second-order valence-corrected chi connectivity index (χ2v) is 15.4. The van der Waals surface area contributed by atoms with Gasteiger partial charge in [0.05, 0.1) is 33.2 Å². The Morgan fingerprint density at radius 1 is 0.500 bits per heavy atom. The predicted octanol–water partition coefficient (Wildman–Crippen LogP) is 10.5. The molecular weight excluding hydrogens is 795 g/mol. The second kappa shape index (κ2) is 13.6. The third kappa shape index (κ3) is 5.64. The molecule has 10 nitrogen and oxygen atoms in total. The summed E-state index contributed by atoms with van der Waals surface area (Å²) in [5.41, 5.74) is 5.89. The lowest BCUT2D eigenvalue weighted by Gasteiger charge is -2.22. The number of rotatable bonds is 4. The minimum atomic E-state index is -0.275. The van der Waals surface area contributed by atoms with Crippen LogP contribution in [0.5, 0.6) is 23.0 Å². The van der Waals surface area contributed by atoms with Crippen LogP contribution in [0, 0.1) is 13.8 Å². The minimum Gasteiger partial charge on any atom is -0.451 e. The van der Waals surface area contributed by atoms with Crippen molar-refractivity contribution in [3.8, 4) is 57.1 Å². The number of aromatic nitrogens is 4. The molecule has 0 unspecified atom stereocenters. The summed E-state index contributed by atoms with van der Waals surface area (Å²) >= 11 is 14.2. The number of benzene rings is 7. The Morgan fingerprint density at radius 2 is 0.917 bits per heavy atom. The number of aryl methyl sites for hydroxylation is 2. The molecule has 0 bridgehead atoms. The molecule has 12 heteroatoms. The zero-order valence-electron chi connectivity index (χ0n) is 31.8. The van der Waals surface area contributed by atoms with E-state index < -0.39 is 0 Å². The normalized spacial score (nSPS) is 12.3. The van der Waals surface area contributed by atoms with E-state index in [2.05, 4.69) is 0 Å². The summed E-state index contributed by atoms with van der Waals surface area (Å²) in [6.45, 7) is 3.95. The molecule has 0 amide bonds. The van der Waals surface area contributed by atoms with Crippen LogP contribution in [0.15, 0.2) is 153 Å². The zero-order chi connectivity index (χ0) is 40.8. The van der Waals surface area contributed by atoms with Crippen molar-refractivity contribution in [2.24, 2.45) is 9.98 Å². The van der Waals surface area contributed by atoms with Crippen molar-refractivity contribution < 1.29 is 9.47 Å². The van der Waals surface area contributed by atoms with Gasteiger partial charge in [0.2, 0.25) is 0 Å². The highest BCUT2D eigenvalue weighted by atomic mass is 35.5. The number of hydrogen-bond donors (Lipinski definition) is 0. The van der Waals surface area contributed by atoms with E-state index in [1.54, 1.807) is 33.4 Å². The Kier molecular flexibility index (Phi) is 8.09. The van der Waals surface area contributed by atoms with Gasteiger partial charge in [-0.2, -0.15) is 0 Å². The number of hydrogen-bond acceptors (Lipinski definition) is 8. The van der Waals surface area contributed by atoms with E-state index in [1.165, 1.54) is 0 Å². The van der Waals surface area contributed by atoms with Gasteiger partial charge in [0.25, 0.3) is 11.1 Å². The Bertz CT molecular complexity index is 3350. The van der Waals surface area contributed by atoms with Crippen LogP contribution in [0.1, 0.15) is 11.1 Å². The van der Waals surface area contributed by atoms with Crippen molar-refractivity contribution in [2.45, 2.75) is 13.8 Å². The maximum Gasteiger partial charge on any atom is 0.266 e. The molecule has 0 spiro atoms. The van der Waals surface area contributed by atoms with Crippen molar-refractivity contribution in [1.82, 2.24) is 19.1 Å². The van der Waals surface area contributed by atoms with Gasteiger partial charge in [-0.05, 0) is 61.4 Å². The van der Waals surface area contributed by atoms with E-state index in [0.29, 0.717) is 67.7 Å². The summed E-state index contributed by atoms with van der Waals surface area (Å²) in [4.78, 5) is 48.7. The molecule has 9 aromatic rings. The van der Waals surface area contributed by atoms with Gasteiger partial charge in [0.1, 0.15) is 43.8 Å². The fraction of sp³-hybridized carbons (Fsp3) is 0.0417. The predicted molar refractivity (Wildman–Crippen MR) is 233 cm³/mol. The van der Waals surface area contributed by atoms with Gasteiger partial charge in [-0.25, -0.2) is 20.0 Å². The molecule has 0 saturated carbocycles. The molecule has 0 fully saturated rings. The monoisotopic (exact) mass is 822 g/mol. The Morgan fingerprint density at radius 3 is 1.32 bits per heavy atom. The van der Waals surface area contributed by atoms with Gasteiger partial charge in [-0.3, -0.25) is 18.7 Å². The SMILES string of the molecule is Cc1cccc(-n2c(-c3ccccc3)nc3cc4c(cc3c2=O)N=c2c(Cl)c3c(c(Cl)c2O4)=Nc2cc4c(=O)n(-c5cccc(C)c5)c(-c5ccccc5)nc4cc2O3)c1. The summed E-state index contributed by atoms with van der Waals surface area (Å²) in [5.74, 6) is 1.93. The molecule has 0 aliphatic carbocycles. The summed E-state index contributed by atoms with van der Waals surface area (Å²) in [7, 11) is 0. The zero-order valence-corrected chi connectivity index (χ0v) is 33.3. The lowest BCUT2D eigenvalue weighted by Crippen LogP contribution is -2.24. The average Bonchev–Trinajstić information content (AvgIpc) is 3.26. The largest absolute Gasteiger partial charge is 0.451 e.